The highest BCUT2D eigenvalue weighted by atomic mass is 35.5. The van der Waals surface area contributed by atoms with Gasteiger partial charge in [-0.2, -0.15) is 0 Å². The van der Waals surface area contributed by atoms with E-state index in [0.717, 1.165) is 19.4 Å². The molecule has 0 unspecified atom stereocenters. The van der Waals surface area contributed by atoms with Gasteiger partial charge in [-0.25, -0.2) is 23.4 Å². The summed E-state index contributed by atoms with van der Waals surface area (Å²) in [5.41, 5.74) is -1.79. The third-order valence-electron chi connectivity index (χ3n) is 7.67. The number of hydrogen-bond acceptors (Lipinski definition) is 8. The molecule has 2 aliphatic rings. The normalized spacial score (nSPS) is 19.4. The lowest BCUT2D eigenvalue weighted by atomic mass is 9.80. The summed E-state index contributed by atoms with van der Waals surface area (Å²) in [7, 11) is 1.12. The third kappa shape index (κ3) is 5.66. The fraction of sp³-hybridized carbons (Fsp3) is 0.406. The van der Waals surface area contributed by atoms with Gasteiger partial charge in [-0.05, 0) is 39.2 Å². The highest BCUT2D eigenvalue weighted by Gasteiger charge is 2.54. The van der Waals surface area contributed by atoms with E-state index in [9.17, 15) is 14.7 Å². The second-order valence-corrected chi connectivity index (χ2v) is 12.0. The lowest BCUT2D eigenvalue weighted by Gasteiger charge is -2.40. The minimum absolute atomic E-state index is 0.0425. The van der Waals surface area contributed by atoms with Crippen molar-refractivity contribution in [3.63, 3.8) is 0 Å². The van der Waals surface area contributed by atoms with Gasteiger partial charge in [0.2, 0.25) is 0 Å². The number of esters is 1. The van der Waals surface area contributed by atoms with Gasteiger partial charge in [-0.1, -0.05) is 41.9 Å². The van der Waals surface area contributed by atoms with Crippen molar-refractivity contribution < 1.29 is 42.4 Å². The molecule has 1 amide bonds. The summed E-state index contributed by atoms with van der Waals surface area (Å²) >= 11 is 6.58. The number of benzene rings is 2. The van der Waals surface area contributed by atoms with Gasteiger partial charge < -0.3 is 29.0 Å². The standard InChI is InChI=1S/C32H33ClF2N2O7/c1-31(2,3)44-30(40)37-12-8-11-23(37)32(18-9-6-5-7-10-18)16-19-22(43-32)15-21(34)26(33)24(19)25-20(29(39)41-4)17-36-28(27(25)35)42-14-13-38/h5-7,9-10,15,17,23,38H,8,11-14,16H2,1-4H3/t23-,32-/m0/s1. The van der Waals surface area contributed by atoms with Crippen LogP contribution < -0.4 is 9.47 Å². The van der Waals surface area contributed by atoms with Crippen LogP contribution in [0.25, 0.3) is 11.1 Å². The summed E-state index contributed by atoms with van der Waals surface area (Å²) in [4.78, 5) is 31.8. The van der Waals surface area contributed by atoms with Crippen molar-refractivity contribution in [3.8, 4) is 22.8 Å². The summed E-state index contributed by atoms with van der Waals surface area (Å²) < 4.78 is 54.3. The number of aliphatic hydroxyl groups excluding tert-OH is 1. The van der Waals surface area contributed by atoms with Crippen LogP contribution in [0.5, 0.6) is 11.6 Å². The molecule has 1 aromatic heterocycles. The average molecular weight is 631 g/mol. The number of amides is 1. The van der Waals surface area contributed by atoms with Crippen molar-refractivity contribution >= 4 is 23.7 Å². The van der Waals surface area contributed by atoms with Crippen molar-refractivity contribution in [1.29, 1.82) is 0 Å². The number of rotatable bonds is 7. The van der Waals surface area contributed by atoms with E-state index in [1.165, 1.54) is 0 Å². The Bertz CT molecular complexity index is 1580. The number of nitrogens with zero attached hydrogens (tertiary/aromatic N) is 2. The first-order chi connectivity index (χ1) is 20.9. The lowest BCUT2D eigenvalue weighted by molar-refractivity contribution is -0.0216. The molecule has 1 saturated heterocycles. The molecule has 2 aliphatic heterocycles. The number of carbonyl (C=O) groups excluding carboxylic acids is 2. The van der Waals surface area contributed by atoms with Crippen LogP contribution in [-0.2, 0) is 21.5 Å². The van der Waals surface area contributed by atoms with Gasteiger partial charge in [0, 0.05) is 41.9 Å². The number of methoxy groups -OCH3 is 1. The fourth-order valence-electron chi connectivity index (χ4n) is 5.93. The van der Waals surface area contributed by atoms with Crippen molar-refractivity contribution in [3.05, 3.63) is 75.9 Å². The quantitative estimate of drug-likeness (QED) is 0.314. The lowest BCUT2D eigenvalue weighted by Crippen LogP contribution is -2.53. The first-order valence-electron chi connectivity index (χ1n) is 14.2. The molecule has 1 N–H and O–H groups in total. The second kappa shape index (κ2) is 12.2. The molecule has 5 rings (SSSR count). The zero-order chi connectivity index (χ0) is 31.8. The summed E-state index contributed by atoms with van der Waals surface area (Å²) in [5, 5.41) is 8.76. The maximum Gasteiger partial charge on any atom is 0.410 e. The number of aliphatic hydroxyl groups is 1. The van der Waals surface area contributed by atoms with Crippen LogP contribution in [0.2, 0.25) is 5.02 Å². The van der Waals surface area contributed by atoms with Crippen LogP contribution in [0.3, 0.4) is 0 Å². The van der Waals surface area contributed by atoms with E-state index in [4.69, 9.17) is 30.5 Å². The number of hydrogen-bond donors (Lipinski definition) is 1. The van der Waals surface area contributed by atoms with Gasteiger partial charge >= 0.3 is 12.1 Å². The maximum atomic E-state index is 16.2. The Morgan fingerprint density at radius 1 is 1.20 bits per heavy atom. The molecule has 234 valence electrons. The Morgan fingerprint density at radius 2 is 1.93 bits per heavy atom. The van der Waals surface area contributed by atoms with E-state index in [0.29, 0.717) is 30.5 Å². The molecular formula is C32H33ClF2N2O7. The van der Waals surface area contributed by atoms with E-state index in [-0.39, 0.29) is 35.5 Å². The van der Waals surface area contributed by atoms with E-state index in [1.54, 1.807) is 25.7 Å². The van der Waals surface area contributed by atoms with Gasteiger partial charge in [0.15, 0.2) is 11.4 Å². The summed E-state index contributed by atoms with van der Waals surface area (Å²) in [5.74, 6) is -3.38. The first kappa shape index (κ1) is 31.5. The Labute approximate surface area is 258 Å². The molecule has 3 aromatic rings. The number of halogens is 3. The number of pyridine rings is 1. The average Bonchev–Trinajstić information content (AvgIpc) is 3.63. The smallest absolute Gasteiger partial charge is 0.410 e. The van der Waals surface area contributed by atoms with Crippen molar-refractivity contribution in [2.75, 3.05) is 26.9 Å². The van der Waals surface area contributed by atoms with Crippen molar-refractivity contribution in [1.82, 2.24) is 9.88 Å². The van der Waals surface area contributed by atoms with E-state index < -0.39 is 58.5 Å². The van der Waals surface area contributed by atoms with Crippen LogP contribution in [0, 0.1) is 11.6 Å². The zero-order valence-electron chi connectivity index (χ0n) is 24.8. The van der Waals surface area contributed by atoms with Gasteiger partial charge in [0.05, 0.1) is 30.3 Å². The molecule has 44 heavy (non-hydrogen) atoms. The largest absolute Gasteiger partial charge is 0.480 e. The Kier molecular flexibility index (Phi) is 8.73. The van der Waals surface area contributed by atoms with Gasteiger partial charge in [0.1, 0.15) is 23.8 Å². The molecule has 2 atom stereocenters. The molecule has 3 heterocycles. The fourth-order valence-corrected chi connectivity index (χ4v) is 6.20. The van der Waals surface area contributed by atoms with Gasteiger partial charge in [-0.3, -0.25) is 0 Å². The summed E-state index contributed by atoms with van der Waals surface area (Å²) in [6.45, 7) is 5.05. The number of likely N-dealkylation sites (tertiary alicyclic amines) is 1. The molecule has 12 heteroatoms. The van der Waals surface area contributed by atoms with E-state index in [1.807, 2.05) is 30.3 Å². The highest BCUT2D eigenvalue weighted by molar-refractivity contribution is 6.34. The minimum atomic E-state index is -1.24. The molecule has 0 saturated carbocycles. The van der Waals surface area contributed by atoms with Gasteiger partial charge in [0.25, 0.3) is 5.88 Å². The molecule has 0 spiro atoms. The third-order valence-corrected chi connectivity index (χ3v) is 8.04. The topological polar surface area (TPSA) is 107 Å². The van der Waals surface area contributed by atoms with Crippen LogP contribution in [-0.4, -0.2) is 65.6 Å². The Hall–Kier alpha value is -3.96. The molecule has 9 nitrogen and oxygen atoms in total. The molecule has 2 aromatic carbocycles. The van der Waals surface area contributed by atoms with Crippen LogP contribution in [0.1, 0.15) is 55.1 Å². The molecular weight excluding hydrogens is 598 g/mol. The Balaban J connectivity index is 1.72. The second-order valence-electron chi connectivity index (χ2n) is 11.6. The van der Waals surface area contributed by atoms with E-state index >= 15 is 8.78 Å². The number of fused-ring (bicyclic) bond motifs is 1. The SMILES string of the molecule is COC(=O)c1cnc(OCCO)c(F)c1-c1c(Cl)c(F)cc2c1C[C@](c1ccccc1)([C@@H]1CCCN1C(=O)OC(C)(C)C)O2. The zero-order valence-corrected chi connectivity index (χ0v) is 25.5. The van der Waals surface area contributed by atoms with E-state index in [2.05, 4.69) is 4.98 Å². The number of aromatic nitrogens is 1. The molecule has 0 bridgehead atoms. The molecule has 1 fully saturated rings. The van der Waals surface area contributed by atoms with Crippen molar-refractivity contribution in [2.24, 2.45) is 0 Å². The van der Waals surface area contributed by atoms with Crippen LogP contribution in [0.4, 0.5) is 13.6 Å². The van der Waals surface area contributed by atoms with Gasteiger partial charge in [-0.15, -0.1) is 0 Å². The highest BCUT2D eigenvalue weighted by Crippen LogP contribution is 2.53. The minimum Gasteiger partial charge on any atom is -0.480 e. The first-order valence-corrected chi connectivity index (χ1v) is 14.6. The number of ether oxygens (including phenoxy) is 4. The summed E-state index contributed by atoms with van der Waals surface area (Å²) in [6, 6.07) is 9.77. The maximum absolute atomic E-state index is 16.2. The Morgan fingerprint density at radius 3 is 2.59 bits per heavy atom. The molecule has 0 aliphatic carbocycles. The van der Waals surface area contributed by atoms with Crippen LogP contribution >= 0.6 is 11.6 Å². The van der Waals surface area contributed by atoms with Crippen LogP contribution in [0.15, 0.2) is 42.6 Å². The monoisotopic (exact) mass is 630 g/mol. The van der Waals surface area contributed by atoms with Crippen molar-refractivity contribution in [2.45, 2.75) is 57.3 Å². The number of carbonyl (C=O) groups is 2. The molecule has 0 radical (unpaired) electrons. The predicted octanol–water partition coefficient (Wildman–Crippen LogP) is 6.07. The predicted molar refractivity (Wildman–Crippen MR) is 157 cm³/mol. The summed E-state index contributed by atoms with van der Waals surface area (Å²) in [6.07, 6.45) is 1.78.